The quantitative estimate of drug-likeness (QED) is 0.673. The molecule has 8 heteroatoms. The van der Waals surface area contributed by atoms with E-state index in [1.807, 2.05) is 6.07 Å². The van der Waals surface area contributed by atoms with Gasteiger partial charge < -0.3 is 4.90 Å². The van der Waals surface area contributed by atoms with E-state index in [4.69, 9.17) is 0 Å². The molecule has 1 atom stereocenters. The summed E-state index contributed by atoms with van der Waals surface area (Å²) in [5, 5.41) is 9.26. The van der Waals surface area contributed by atoms with Crippen LogP contribution in [0.15, 0.2) is 29.8 Å². The summed E-state index contributed by atoms with van der Waals surface area (Å²) in [7, 11) is 0. The van der Waals surface area contributed by atoms with E-state index in [0.29, 0.717) is 18.9 Å². The Morgan fingerprint density at radius 1 is 1.29 bits per heavy atom. The van der Waals surface area contributed by atoms with Crippen molar-refractivity contribution in [3.05, 3.63) is 46.8 Å². The maximum Gasteiger partial charge on any atom is 0.419 e. The molecule has 0 bridgehead atoms. The van der Waals surface area contributed by atoms with Gasteiger partial charge in [-0.25, -0.2) is 4.39 Å². The van der Waals surface area contributed by atoms with Gasteiger partial charge in [0.1, 0.15) is 11.9 Å². The maximum atomic E-state index is 14.3. The molecule has 1 fully saturated rings. The van der Waals surface area contributed by atoms with Crippen molar-refractivity contribution in [1.82, 2.24) is 4.90 Å². The number of hydrogen-bond acceptors (Lipinski definition) is 3. The fourth-order valence-corrected chi connectivity index (χ4v) is 4.25. The zero-order chi connectivity index (χ0) is 20.9. The first kappa shape index (κ1) is 20.1. The second-order valence-corrected chi connectivity index (χ2v) is 8.06. The number of amides is 1. The van der Waals surface area contributed by atoms with Crippen LogP contribution < -0.4 is 0 Å². The summed E-state index contributed by atoms with van der Waals surface area (Å²) in [5.41, 5.74) is -3.52. The highest BCUT2D eigenvalue weighted by Crippen LogP contribution is 2.48. The molecule has 0 saturated carbocycles. The predicted octanol–water partition coefficient (Wildman–Crippen LogP) is 4.13. The van der Waals surface area contributed by atoms with Crippen molar-refractivity contribution in [2.45, 2.75) is 32.9 Å². The van der Waals surface area contributed by atoms with Crippen LogP contribution in [-0.4, -0.2) is 29.7 Å². The Morgan fingerprint density at radius 3 is 2.57 bits per heavy atom. The molecule has 1 aliphatic carbocycles. The second kappa shape index (κ2) is 6.43. The molecule has 1 heterocycles. The fraction of sp³-hybridized carbons (Fsp3) is 0.450. The van der Waals surface area contributed by atoms with Gasteiger partial charge in [-0.3, -0.25) is 9.59 Å². The number of carbonyl (C=O) groups is 2. The summed E-state index contributed by atoms with van der Waals surface area (Å²) in [6, 6.07) is 4.52. The van der Waals surface area contributed by atoms with Crippen LogP contribution >= 0.6 is 0 Å². The summed E-state index contributed by atoms with van der Waals surface area (Å²) in [5.74, 6) is -2.69. The van der Waals surface area contributed by atoms with E-state index in [1.54, 1.807) is 19.9 Å². The number of Topliss-reactive ketones (excluding diaryl/α,β-unsaturated/α-hetero) is 1. The highest BCUT2D eigenvalue weighted by molar-refractivity contribution is 6.04. The number of benzene rings is 1. The molecule has 1 amide bonds. The topological polar surface area (TPSA) is 61.2 Å². The van der Waals surface area contributed by atoms with Gasteiger partial charge in [-0.15, -0.1) is 0 Å². The first-order valence-electron chi connectivity index (χ1n) is 8.73. The van der Waals surface area contributed by atoms with Crippen LogP contribution in [0.4, 0.5) is 17.6 Å². The van der Waals surface area contributed by atoms with Gasteiger partial charge in [0.15, 0.2) is 5.78 Å². The number of nitriles is 1. The van der Waals surface area contributed by atoms with Crippen LogP contribution in [0.5, 0.6) is 0 Å². The molecular formula is C20H18F4N2O2. The molecule has 0 unspecified atom stereocenters. The number of halogens is 4. The lowest BCUT2D eigenvalue weighted by Crippen LogP contribution is -2.41. The summed E-state index contributed by atoms with van der Waals surface area (Å²) in [6.07, 6.45) is -2.48. The predicted molar refractivity (Wildman–Crippen MR) is 91.5 cm³/mol. The van der Waals surface area contributed by atoms with E-state index in [0.717, 1.165) is 12.1 Å². The van der Waals surface area contributed by atoms with Gasteiger partial charge in [0.25, 0.3) is 5.91 Å². The largest absolute Gasteiger partial charge is 0.419 e. The van der Waals surface area contributed by atoms with Crippen LogP contribution in [0.1, 0.15) is 42.6 Å². The van der Waals surface area contributed by atoms with Crippen molar-refractivity contribution in [3.63, 3.8) is 0 Å². The molecule has 2 aliphatic rings. The smallest absolute Gasteiger partial charge is 0.338 e. The van der Waals surface area contributed by atoms with E-state index in [9.17, 15) is 32.4 Å². The number of hydrogen-bond donors (Lipinski definition) is 0. The summed E-state index contributed by atoms with van der Waals surface area (Å²) in [4.78, 5) is 26.3. The first-order valence-corrected chi connectivity index (χ1v) is 8.73. The average molecular weight is 394 g/mol. The maximum absolute atomic E-state index is 14.3. The number of alkyl halides is 3. The van der Waals surface area contributed by atoms with Crippen molar-refractivity contribution in [2.24, 2.45) is 10.8 Å². The zero-order valence-corrected chi connectivity index (χ0v) is 15.4. The van der Waals surface area contributed by atoms with Gasteiger partial charge in [-0.1, -0.05) is 26.0 Å². The Morgan fingerprint density at radius 2 is 1.96 bits per heavy atom. The SMILES string of the molecule is CC1(C)C[C@@]2(C=C(C#N)C1=O)CCN(C(=O)c1cccc(C(F)(F)F)c1F)C2. The van der Waals surface area contributed by atoms with Crippen LogP contribution in [-0.2, 0) is 11.0 Å². The average Bonchev–Trinajstić information content (AvgIpc) is 2.99. The third-order valence-electron chi connectivity index (χ3n) is 5.43. The van der Waals surface area contributed by atoms with Crippen LogP contribution in [0, 0.1) is 28.0 Å². The van der Waals surface area contributed by atoms with E-state index < -0.39 is 39.9 Å². The van der Waals surface area contributed by atoms with Crippen LogP contribution in [0.25, 0.3) is 0 Å². The number of nitrogens with zero attached hydrogens (tertiary/aromatic N) is 2. The second-order valence-electron chi connectivity index (χ2n) is 8.06. The van der Waals surface area contributed by atoms with Crippen molar-refractivity contribution in [3.8, 4) is 6.07 Å². The van der Waals surface area contributed by atoms with E-state index in [1.165, 1.54) is 4.90 Å². The number of allylic oxidation sites excluding steroid dienone is 1. The minimum Gasteiger partial charge on any atom is -0.338 e. The van der Waals surface area contributed by atoms with E-state index in [-0.39, 0.29) is 24.4 Å². The molecule has 1 aromatic carbocycles. The van der Waals surface area contributed by atoms with E-state index in [2.05, 4.69) is 0 Å². The molecule has 28 heavy (non-hydrogen) atoms. The Labute approximate surface area is 159 Å². The summed E-state index contributed by atoms with van der Waals surface area (Å²) < 4.78 is 53.1. The number of ketones is 1. The van der Waals surface area contributed by atoms with Crippen LogP contribution in [0.2, 0.25) is 0 Å². The zero-order valence-electron chi connectivity index (χ0n) is 15.4. The molecule has 1 aromatic rings. The number of likely N-dealkylation sites (tertiary alicyclic amines) is 1. The van der Waals surface area contributed by atoms with Gasteiger partial charge in [-0.2, -0.15) is 18.4 Å². The molecule has 0 aromatic heterocycles. The summed E-state index contributed by atoms with van der Waals surface area (Å²) >= 11 is 0. The molecule has 0 N–H and O–H groups in total. The Kier molecular flexibility index (Phi) is 4.61. The molecule has 1 saturated heterocycles. The molecule has 0 radical (unpaired) electrons. The van der Waals surface area contributed by atoms with Gasteiger partial charge in [0, 0.05) is 23.9 Å². The number of carbonyl (C=O) groups excluding carboxylic acids is 2. The Balaban J connectivity index is 1.91. The third-order valence-corrected chi connectivity index (χ3v) is 5.43. The van der Waals surface area contributed by atoms with Gasteiger partial charge in [0.05, 0.1) is 16.7 Å². The standard InChI is InChI=1S/C20H18F4N2O2/c1-18(2)10-19(8-12(9-25)16(18)27)6-7-26(11-19)17(28)13-4-3-5-14(15(13)21)20(22,23)24/h3-5,8H,6-7,10-11H2,1-2H3/t19-/m0/s1. The Hall–Kier alpha value is -2.69. The molecule has 148 valence electrons. The lowest BCUT2D eigenvalue weighted by Gasteiger charge is -2.38. The lowest BCUT2D eigenvalue weighted by molar-refractivity contribution is -0.140. The molecule has 1 aliphatic heterocycles. The highest BCUT2D eigenvalue weighted by atomic mass is 19.4. The lowest BCUT2D eigenvalue weighted by atomic mass is 9.64. The van der Waals surface area contributed by atoms with Gasteiger partial charge in [0.2, 0.25) is 0 Å². The number of rotatable bonds is 1. The monoisotopic (exact) mass is 394 g/mol. The van der Waals surface area contributed by atoms with Crippen LogP contribution in [0.3, 0.4) is 0 Å². The molecular weight excluding hydrogens is 376 g/mol. The van der Waals surface area contributed by atoms with Crippen molar-refractivity contribution in [2.75, 3.05) is 13.1 Å². The Bertz CT molecular complexity index is 927. The molecule has 4 nitrogen and oxygen atoms in total. The minimum absolute atomic E-state index is 0.0239. The molecule has 1 spiro atoms. The van der Waals surface area contributed by atoms with Crippen molar-refractivity contribution in [1.29, 1.82) is 5.26 Å². The first-order chi connectivity index (χ1) is 12.9. The highest BCUT2D eigenvalue weighted by Gasteiger charge is 2.49. The van der Waals surface area contributed by atoms with Crippen molar-refractivity contribution < 1.29 is 27.2 Å². The normalized spacial score (nSPS) is 24.2. The van der Waals surface area contributed by atoms with Crippen molar-refractivity contribution >= 4 is 11.7 Å². The van der Waals surface area contributed by atoms with E-state index >= 15 is 0 Å². The van der Waals surface area contributed by atoms with Gasteiger partial charge in [-0.05, 0) is 25.0 Å². The molecule has 3 rings (SSSR count). The third kappa shape index (κ3) is 3.30. The fourth-order valence-electron chi connectivity index (χ4n) is 4.25. The summed E-state index contributed by atoms with van der Waals surface area (Å²) in [6.45, 7) is 3.76. The minimum atomic E-state index is -4.90. The van der Waals surface area contributed by atoms with Gasteiger partial charge >= 0.3 is 6.18 Å².